The van der Waals surface area contributed by atoms with Gasteiger partial charge < -0.3 is 29.7 Å². The summed E-state index contributed by atoms with van der Waals surface area (Å²) in [6.45, 7) is 5.90. The van der Waals surface area contributed by atoms with Crippen molar-refractivity contribution in [3.05, 3.63) is 35.9 Å². The maximum Gasteiger partial charge on any atom is 0.410 e. The number of carbonyl (C=O) groups excluding carboxylic acids is 4. The van der Waals surface area contributed by atoms with Crippen LogP contribution in [0.5, 0.6) is 0 Å². The molecule has 1 aromatic rings. The van der Waals surface area contributed by atoms with Gasteiger partial charge in [-0.2, -0.15) is 0 Å². The van der Waals surface area contributed by atoms with Crippen LogP contribution in [0.4, 0.5) is 9.59 Å². The van der Waals surface area contributed by atoms with Gasteiger partial charge in [0.05, 0.1) is 13.7 Å². The highest BCUT2D eigenvalue weighted by Crippen LogP contribution is 2.19. The van der Waals surface area contributed by atoms with Gasteiger partial charge in [-0.05, 0) is 39.2 Å². The fourth-order valence-corrected chi connectivity index (χ4v) is 3.26. The lowest BCUT2D eigenvalue weighted by Gasteiger charge is -2.31. The molecule has 1 heterocycles. The molecule has 1 saturated heterocycles. The van der Waals surface area contributed by atoms with E-state index in [0.29, 0.717) is 25.9 Å². The van der Waals surface area contributed by atoms with E-state index in [-0.39, 0.29) is 25.0 Å². The van der Waals surface area contributed by atoms with Crippen molar-refractivity contribution in [2.75, 3.05) is 26.7 Å². The van der Waals surface area contributed by atoms with Gasteiger partial charge in [0.1, 0.15) is 18.2 Å². The first kappa shape index (κ1) is 26.0. The Morgan fingerprint density at radius 3 is 2.30 bits per heavy atom. The summed E-state index contributed by atoms with van der Waals surface area (Å²) in [7, 11) is 1.20. The van der Waals surface area contributed by atoms with Crippen LogP contribution in [-0.4, -0.2) is 67.3 Å². The van der Waals surface area contributed by atoms with E-state index >= 15 is 0 Å². The van der Waals surface area contributed by atoms with Gasteiger partial charge in [-0.1, -0.05) is 30.3 Å². The molecule has 182 valence electrons. The molecule has 1 fully saturated rings. The minimum Gasteiger partial charge on any atom is -0.467 e. The molecule has 1 atom stereocenters. The Balaban J connectivity index is 1.80. The van der Waals surface area contributed by atoms with Gasteiger partial charge in [-0.3, -0.25) is 4.79 Å². The van der Waals surface area contributed by atoms with Crippen LogP contribution >= 0.6 is 0 Å². The molecular weight excluding hydrogens is 430 g/mol. The van der Waals surface area contributed by atoms with Gasteiger partial charge in [0.15, 0.2) is 0 Å². The molecule has 10 nitrogen and oxygen atoms in total. The molecular formula is C23H33N3O7. The first-order valence-corrected chi connectivity index (χ1v) is 10.9. The highest BCUT2D eigenvalue weighted by Gasteiger charge is 2.31. The molecule has 1 aromatic carbocycles. The second-order valence-corrected chi connectivity index (χ2v) is 8.77. The third-order valence-corrected chi connectivity index (χ3v) is 4.98. The normalized spacial score (nSPS) is 15.2. The summed E-state index contributed by atoms with van der Waals surface area (Å²) in [6, 6.07) is 8.33. The monoisotopic (exact) mass is 463 g/mol. The maximum absolute atomic E-state index is 12.7. The largest absolute Gasteiger partial charge is 0.467 e. The third kappa shape index (κ3) is 8.99. The number of amides is 3. The Hall–Kier alpha value is -3.30. The average molecular weight is 464 g/mol. The number of nitrogens with zero attached hydrogens (tertiary/aromatic N) is 1. The van der Waals surface area contributed by atoms with E-state index in [4.69, 9.17) is 14.2 Å². The lowest BCUT2D eigenvalue weighted by Crippen LogP contribution is -2.52. The summed E-state index contributed by atoms with van der Waals surface area (Å²) in [5, 5.41) is 5.09. The molecule has 1 aliphatic heterocycles. The topological polar surface area (TPSA) is 123 Å². The first-order chi connectivity index (χ1) is 15.6. The van der Waals surface area contributed by atoms with E-state index in [1.165, 1.54) is 7.11 Å². The number of methoxy groups -OCH3 is 1. The molecule has 2 rings (SSSR count). The summed E-state index contributed by atoms with van der Waals surface area (Å²) in [5.74, 6) is -1.40. The molecule has 1 aliphatic rings. The molecule has 0 radical (unpaired) electrons. The molecule has 3 amide bonds. The standard InChI is InChI=1S/C23H33N3O7/c1-23(2,3)33-21(29)24-14-18(20(28)31-4)25-19(27)17-10-12-26(13-11-17)22(30)32-15-16-8-6-5-7-9-16/h5-9,17-18H,10-15H2,1-4H3,(H,24,29)(H,25,27)/t18-/m0/s1. The van der Waals surface area contributed by atoms with Gasteiger partial charge >= 0.3 is 18.2 Å². The van der Waals surface area contributed by atoms with Gasteiger partial charge in [0.2, 0.25) is 5.91 Å². The predicted octanol–water partition coefficient (Wildman–Crippen LogP) is 2.22. The number of nitrogens with one attached hydrogen (secondary N) is 2. The summed E-state index contributed by atoms with van der Waals surface area (Å²) in [6.07, 6.45) is -0.265. The van der Waals surface area contributed by atoms with Crippen molar-refractivity contribution in [1.82, 2.24) is 15.5 Å². The smallest absolute Gasteiger partial charge is 0.410 e. The number of piperidine rings is 1. The molecule has 0 aromatic heterocycles. The van der Waals surface area contributed by atoms with Crippen LogP contribution in [0.3, 0.4) is 0 Å². The van der Waals surface area contributed by atoms with Crippen LogP contribution < -0.4 is 10.6 Å². The van der Waals surface area contributed by atoms with Crippen LogP contribution in [0.15, 0.2) is 30.3 Å². The minimum atomic E-state index is -1.05. The fourth-order valence-electron chi connectivity index (χ4n) is 3.26. The van der Waals surface area contributed by atoms with Gasteiger partial charge in [-0.25, -0.2) is 14.4 Å². The molecule has 0 bridgehead atoms. The quantitative estimate of drug-likeness (QED) is 0.469. The summed E-state index contributed by atoms with van der Waals surface area (Å²) < 4.78 is 15.2. The number of carbonyl (C=O) groups is 4. The van der Waals surface area contributed by atoms with Crippen molar-refractivity contribution in [3.8, 4) is 0 Å². The first-order valence-electron chi connectivity index (χ1n) is 10.9. The number of benzene rings is 1. The number of hydrogen-bond donors (Lipinski definition) is 2. The van der Waals surface area contributed by atoms with Crippen molar-refractivity contribution in [2.24, 2.45) is 5.92 Å². The van der Waals surface area contributed by atoms with Crippen molar-refractivity contribution in [2.45, 2.75) is 51.9 Å². The highest BCUT2D eigenvalue weighted by atomic mass is 16.6. The Bertz CT molecular complexity index is 815. The second kappa shape index (κ2) is 12.1. The van der Waals surface area contributed by atoms with Crippen LogP contribution in [0.2, 0.25) is 0 Å². The zero-order valence-corrected chi connectivity index (χ0v) is 19.6. The van der Waals surface area contributed by atoms with Gasteiger partial charge in [-0.15, -0.1) is 0 Å². The predicted molar refractivity (Wildman–Crippen MR) is 119 cm³/mol. The Morgan fingerprint density at radius 2 is 1.73 bits per heavy atom. The van der Waals surface area contributed by atoms with Crippen LogP contribution in [0, 0.1) is 5.92 Å². The highest BCUT2D eigenvalue weighted by molar-refractivity contribution is 5.86. The summed E-state index contributed by atoms with van der Waals surface area (Å²) in [5.41, 5.74) is 0.207. The van der Waals surface area contributed by atoms with E-state index < -0.39 is 29.8 Å². The van der Waals surface area contributed by atoms with E-state index in [0.717, 1.165) is 5.56 Å². The molecule has 0 aliphatic carbocycles. The molecule has 0 saturated carbocycles. The number of hydrogen-bond acceptors (Lipinski definition) is 7. The summed E-state index contributed by atoms with van der Waals surface area (Å²) in [4.78, 5) is 50.5. The Morgan fingerprint density at radius 1 is 1.09 bits per heavy atom. The molecule has 0 spiro atoms. The number of alkyl carbamates (subject to hydrolysis) is 1. The lowest BCUT2D eigenvalue weighted by atomic mass is 9.96. The molecule has 33 heavy (non-hydrogen) atoms. The summed E-state index contributed by atoms with van der Waals surface area (Å²) >= 11 is 0. The molecule has 0 unspecified atom stereocenters. The minimum absolute atomic E-state index is 0.169. The number of ether oxygens (including phenoxy) is 3. The number of likely N-dealkylation sites (tertiary alicyclic amines) is 1. The fraction of sp³-hybridized carbons (Fsp3) is 0.565. The van der Waals surface area contributed by atoms with E-state index in [2.05, 4.69) is 10.6 Å². The SMILES string of the molecule is COC(=O)[C@H](CNC(=O)OC(C)(C)C)NC(=O)C1CCN(C(=O)OCc2ccccc2)CC1. The van der Waals surface area contributed by atoms with E-state index in [1.54, 1.807) is 25.7 Å². The van der Waals surface area contributed by atoms with Gasteiger partial charge in [0, 0.05) is 19.0 Å². The van der Waals surface area contributed by atoms with Crippen molar-refractivity contribution in [3.63, 3.8) is 0 Å². The van der Waals surface area contributed by atoms with Crippen LogP contribution in [-0.2, 0) is 30.4 Å². The molecule has 2 N–H and O–H groups in total. The number of rotatable bonds is 7. The Kier molecular flexibility index (Phi) is 9.50. The molecule has 10 heteroatoms. The van der Waals surface area contributed by atoms with Crippen LogP contribution in [0.25, 0.3) is 0 Å². The van der Waals surface area contributed by atoms with Crippen LogP contribution in [0.1, 0.15) is 39.2 Å². The van der Waals surface area contributed by atoms with Crippen molar-refractivity contribution in [1.29, 1.82) is 0 Å². The average Bonchev–Trinajstić information content (AvgIpc) is 2.79. The van der Waals surface area contributed by atoms with E-state index in [9.17, 15) is 19.2 Å². The van der Waals surface area contributed by atoms with Crippen molar-refractivity contribution < 1.29 is 33.4 Å². The van der Waals surface area contributed by atoms with E-state index in [1.807, 2.05) is 30.3 Å². The zero-order chi connectivity index (χ0) is 24.4. The number of esters is 1. The van der Waals surface area contributed by atoms with Gasteiger partial charge in [0.25, 0.3) is 0 Å². The zero-order valence-electron chi connectivity index (χ0n) is 19.6. The third-order valence-electron chi connectivity index (χ3n) is 4.98. The second-order valence-electron chi connectivity index (χ2n) is 8.77. The van der Waals surface area contributed by atoms with Crippen molar-refractivity contribution >= 4 is 24.1 Å². The lowest BCUT2D eigenvalue weighted by molar-refractivity contribution is -0.145. The Labute approximate surface area is 193 Å². The maximum atomic E-state index is 12.7.